The molecule has 0 fully saturated rings. The number of nitrogens with zero attached hydrogens (tertiary/aromatic N) is 1. The van der Waals surface area contributed by atoms with Gasteiger partial charge >= 0.3 is 18.0 Å². The molecule has 0 aliphatic carbocycles. The standard InChI is InChI=1S/C31H46N4O10SSi/c1-20(36)43-17-24(29(39)42-6)34-26(37)23(18-45-47(7,8)31(2,3)4)33-27(38)25-19-46-28(35-25)22-12-10-21(11-13-22)16-44-30(40)32-14-9-15-41-5/h10-13,19,23-24H,9,14-18H2,1-8H3,(H,32,40)(H,33,38)(H,34,37)/t23-,24-/m0/s1. The molecular weight excluding hydrogens is 649 g/mol. The van der Waals surface area contributed by atoms with Gasteiger partial charge in [-0.15, -0.1) is 11.3 Å². The van der Waals surface area contributed by atoms with Gasteiger partial charge < -0.3 is 39.3 Å². The molecule has 2 aromatic rings. The van der Waals surface area contributed by atoms with Gasteiger partial charge in [0.1, 0.15) is 30.0 Å². The number of hydrogen-bond acceptors (Lipinski definition) is 12. The summed E-state index contributed by atoms with van der Waals surface area (Å²) in [6.45, 7) is 11.8. The Labute approximate surface area is 280 Å². The summed E-state index contributed by atoms with van der Waals surface area (Å²) in [5.74, 6) is -2.81. The molecule has 3 amide bonds. The predicted octanol–water partition coefficient (Wildman–Crippen LogP) is 3.41. The largest absolute Gasteiger partial charge is 0.467 e. The molecule has 47 heavy (non-hydrogen) atoms. The van der Waals surface area contributed by atoms with Gasteiger partial charge in [0.25, 0.3) is 5.91 Å². The van der Waals surface area contributed by atoms with Gasteiger partial charge in [0.15, 0.2) is 14.4 Å². The summed E-state index contributed by atoms with van der Waals surface area (Å²) in [7, 11) is 0.382. The van der Waals surface area contributed by atoms with Crippen molar-refractivity contribution in [3.05, 3.63) is 40.9 Å². The van der Waals surface area contributed by atoms with Crippen LogP contribution >= 0.6 is 11.3 Å². The summed E-state index contributed by atoms with van der Waals surface area (Å²) in [4.78, 5) is 66.6. The number of ether oxygens (including phenoxy) is 4. The first kappa shape index (κ1) is 39.3. The first-order valence-electron chi connectivity index (χ1n) is 15.0. The van der Waals surface area contributed by atoms with Crippen molar-refractivity contribution in [2.75, 3.05) is 40.6 Å². The van der Waals surface area contributed by atoms with Crippen LogP contribution in [-0.4, -0.2) is 95.8 Å². The number of nitrogens with one attached hydrogen (secondary N) is 3. The minimum absolute atomic E-state index is 0.0807. The third kappa shape index (κ3) is 13.0. The van der Waals surface area contributed by atoms with Crippen LogP contribution in [0.3, 0.4) is 0 Å². The molecule has 260 valence electrons. The van der Waals surface area contributed by atoms with Gasteiger partial charge in [0.2, 0.25) is 5.91 Å². The Bertz CT molecular complexity index is 1360. The number of hydrogen-bond donors (Lipinski definition) is 3. The van der Waals surface area contributed by atoms with Crippen LogP contribution < -0.4 is 16.0 Å². The Morgan fingerprint density at radius 2 is 1.64 bits per heavy atom. The number of thiazole rings is 1. The second kappa shape index (κ2) is 18.5. The molecule has 2 atom stereocenters. The molecule has 1 heterocycles. The molecular formula is C31H46N4O10SSi. The molecule has 16 heteroatoms. The molecule has 0 saturated carbocycles. The number of rotatable bonds is 17. The first-order chi connectivity index (χ1) is 22.1. The fraction of sp³-hybridized carbons (Fsp3) is 0.548. The molecule has 1 aromatic carbocycles. The average Bonchev–Trinajstić information content (AvgIpc) is 3.52. The van der Waals surface area contributed by atoms with Crippen molar-refractivity contribution in [3.63, 3.8) is 0 Å². The van der Waals surface area contributed by atoms with Crippen molar-refractivity contribution in [1.82, 2.24) is 20.9 Å². The maximum absolute atomic E-state index is 13.4. The molecule has 0 aliphatic rings. The summed E-state index contributed by atoms with van der Waals surface area (Å²) >= 11 is 1.24. The smallest absolute Gasteiger partial charge is 0.407 e. The lowest BCUT2D eigenvalue weighted by Crippen LogP contribution is -2.56. The van der Waals surface area contributed by atoms with Crippen molar-refractivity contribution < 1.29 is 47.3 Å². The van der Waals surface area contributed by atoms with E-state index < -0.39 is 56.9 Å². The van der Waals surface area contributed by atoms with Crippen LogP contribution in [0.4, 0.5) is 4.79 Å². The molecule has 0 radical (unpaired) electrons. The number of esters is 2. The van der Waals surface area contributed by atoms with Gasteiger partial charge in [0.05, 0.1) is 13.7 Å². The highest BCUT2D eigenvalue weighted by Crippen LogP contribution is 2.36. The number of aromatic nitrogens is 1. The van der Waals surface area contributed by atoms with Crippen LogP contribution in [-0.2, 0) is 44.4 Å². The number of amides is 3. The number of methoxy groups -OCH3 is 2. The monoisotopic (exact) mass is 694 g/mol. The summed E-state index contributed by atoms with van der Waals surface area (Å²) < 4.78 is 26.1. The lowest BCUT2D eigenvalue weighted by Gasteiger charge is -2.37. The van der Waals surface area contributed by atoms with E-state index in [1.807, 2.05) is 33.9 Å². The molecule has 3 N–H and O–H groups in total. The molecule has 0 saturated heterocycles. The summed E-state index contributed by atoms with van der Waals surface area (Å²) in [5, 5.41) is 9.77. The fourth-order valence-corrected chi connectivity index (χ4v) is 5.39. The Morgan fingerprint density at radius 3 is 2.23 bits per heavy atom. The van der Waals surface area contributed by atoms with Crippen molar-refractivity contribution in [1.29, 1.82) is 0 Å². The Morgan fingerprint density at radius 1 is 0.957 bits per heavy atom. The van der Waals surface area contributed by atoms with Gasteiger partial charge in [-0.25, -0.2) is 14.6 Å². The highest BCUT2D eigenvalue weighted by atomic mass is 32.1. The lowest BCUT2D eigenvalue weighted by atomic mass is 10.1. The first-order valence-corrected chi connectivity index (χ1v) is 18.8. The molecule has 2 rings (SSSR count). The molecule has 0 unspecified atom stereocenters. The van der Waals surface area contributed by atoms with Crippen LogP contribution in [0.25, 0.3) is 10.6 Å². The average molecular weight is 695 g/mol. The predicted molar refractivity (Wildman–Crippen MR) is 177 cm³/mol. The topological polar surface area (TPSA) is 180 Å². The summed E-state index contributed by atoms with van der Waals surface area (Å²) in [6.07, 6.45) is 0.160. The normalized spacial score (nSPS) is 12.8. The zero-order valence-corrected chi connectivity index (χ0v) is 30.0. The summed E-state index contributed by atoms with van der Waals surface area (Å²) in [5.41, 5.74) is 1.59. The van der Waals surface area contributed by atoms with E-state index in [1.54, 1.807) is 36.8 Å². The van der Waals surface area contributed by atoms with E-state index in [-0.39, 0.29) is 23.9 Å². The van der Waals surface area contributed by atoms with E-state index in [0.29, 0.717) is 24.6 Å². The highest BCUT2D eigenvalue weighted by Gasteiger charge is 2.39. The van der Waals surface area contributed by atoms with Gasteiger partial charge in [0, 0.05) is 38.1 Å². The lowest BCUT2D eigenvalue weighted by molar-refractivity contribution is -0.151. The second-order valence-corrected chi connectivity index (χ2v) is 17.7. The third-order valence-electron chi connectivity index (χ3n) is 7.40. The summed E-state index contributed by atoms with van der Waals surface area (Å²) in [6, 6.07) is 4.69. The van der Waals surface area contributed by atoms with E-state index in [1.165, 1.54) is 18.3 Å². The van der Waals surface area contributed by atoms with Crippen LogP contribution in [0.1, 0.15) is 50.2 Å². The van der Waals surface area contributed by atoms with E-state index in [9.17, 15) is 24.0 Å². The Kier molecular flexibility index (Phi) is 15.4. The Balaban J connectivity index is 2.14. The molecule has 14 nitrogen and oxygen atoms in total. The zero-order chi connectivity index (χ0) is 35.2. The van der Waals surface area contributed by atoms with Gasteiger partial charge in [-0.1, -0.05) is 45.0 Å². The SMILES string of the molecule is COCCCNC(=O)OCc1ccc(-c2nc(C(=O)N[C@@H](CO[Si](C)(C)C(C)(C)C)C(=O)N[C@@H](COC(C)=O)C(=O)OC)cs2)cc1. The van der Waals surface area contributed by atoms with Gasteiger partial charge in [-0.3, -0.25) is 14.4 Å². The van der Waals surface area contributed by atoms with Crippen LogP contribution in [0.2, 0.25) is 18.1 Å². The van der Waals surface area contributed by atoms with E-state index in [4.69, 9.17) is 23.4 Å². The van der Waals surface area contributed by atoms with Crippen LogP contribution in [0, 0.1) is 0 Å². The fourth-order valence-electron chi connectivity index (χ4n) is 3.57. The maximum Gasteiger partial charge on any atom is 0.407 e. The maximum atomic E-state index is 13.4. The molecule has 0 bridgehead atoms. The molecule has 1 aromatic heterocycles. The quantitative estimate of drug-likeness (QED) is 0.0956. The van der Waals surface area contributed by atoms with E-state index in [0.717, 1.165) is 18.2 Å². The van der Waals surface area contributed by atoms with Gasteiger partial charge in [-0.2, -0.15) is 0 Å². The number of carbonyl (C=O) groups is 5. The van der Waals surface area contributed by atoms with Crippen molar-refractivity contribution in [3.8, 4) is 10.6 Å². The Hall–Kier alpha value is -3.86. The number of alkyl carbamates (subject to hydrolysis) is 1. The van der Waals surface area contributed by atoms with Crippen LogP contribution in [0.5, 0.6) is 0 Å². The van der Waals surface area contributed by atoms with Crippen molar-refractivity contribution in [2.45, 2.75) is 70.9 Å². The molecule has 0 spiro atoms. The van der Waals surface area contributed by atoms with Crippen molar-refractivity contribution in [2.24, 2.45) is 0 Å². The highest BCUT2D eigenvalue weighted by molar-refractivity contribution is 7.13. The minimum Gasteiger partial charge on any atom is -0.467 e. The zero-order valence-electron chi connectivity index (χ0n) is 28.2. The third-order valence-corrected chi connectivity index (χ3v) is 12.8. The van der Waals surface area contributed by atoms with Crippen LogP contribution in [0.15, 0.2) is 29.6 Å². The molecule has 0 aliphatic heterocycles. The van der Waals surface area contributed by atoms with E-state index in [2.05, 4.69) is 20.9 Å². The number of carbonyl (C=O) groups excluding carboxylic acids is 5. The number of benzene rings is 1. The van der Waals surface area contributed by atoms with E-state index >= 15 is 0 Å². The minimum atomic E-state index is -2.35. The van der Waals surface area contributed by atoms with Gasteiger partial charge in [-0.05, 0) is 30.1 Å². The van der Waals surface area contributed by atoms with Crippen molar-refractivity contribution >= 4 is 49.5 Å². The second-order valence-electron chi connectivity index (χ2n) is 12.1.